The van der Waals surface area contributed by atoms with E-state index in [4.69, 9.17) is 4.74 Å². The van der Waals surface area contributed by atoms with E-state index in [9.17, 15) is 4.79 Å². The van der Waals surface area contributed by atoms with Crippen LogP contribution in [0.4, 0.5) is 0 Å². The van der Waals surface area contributed by atoms with Crippen LogP contribution >= 0.6 is 0 Å². The SMILES string of the molecule is Cc1[nH]nc(-c2ccccc2)c1C(=O)NC1COc2ccccc21. The number of nitrogens with one attached hydrogen (secondary N) is 2. The van der Waals surface area contributed by atoms with Crippen molar-refractivity contribution >= 4 is 5.91 Å². The fraction of sp³-hybridized carbons (Fsp3) is 0.158. The molecule has 0 bridgehead atoms. The predicted molar refractivity (Wildman–Crippen MR) is 90.9 cm³/mol. The number of para-hydroxylation sites is 1. The number of nitrogens with zero attached hydrogens (tertiary/aromatic N) is 1. The molecule has 4 rings (SSSR count). The Hall–Kier alpha value is -3.08. The molecule has 24 heavy (non-hydrogen) atoms. The number of ether oxygens (including phenoxy) is 1. The van der Waals surface area contributed by atoms with Crippen LogP contribution in [0.25, 0.3) is 11.3 Å². The maximum absolute atomic E-state index is 12.9. The van der Waals surface area contributed by atoms with Crippen LogP contribution in [0.1, 0.15) is 27.7 Å². The molecule has 2 heterocycles. The predicted octanol–water partition coefficient (Wildman–Crippen LogP) is 3.25. The van der Waals surface area contributed by atoms with Gasteiger partial charge in [0.05, 0.1) is 11.6 Å². The number of hydrogen-bond donors (Lipinski definition) is 2. The zero-order chi connectivity index (χ0) is 16.5. The first-order chi connectivity index (χ1) is 11.7. The summed E-state index contributed by atoms with van der Waals surface area (Å²) >= 11 is 0. The first kappa shape index (κ1) is 14.5. The number of H-pyrrole nitrogens is 1. The average molecular weight is 319 g/mol. The second-order valence-corrected chi connectivity index (χ2v) is 5.81. The minimum Gasteiger partial charge on any atom is -0.491 e. The molecule has 0 aliphatic carbocycles. The van der Waals surface area contributed by atoms with E-state index >= 15 is 0 Å². The third-order valence-electron chi connectivity index (χ3n) is 4.23. The van der Waals surface area contributed by atoms with E-state index in [1.165, 1.54) is 0 Å². The van der Waals surface area contributed by atoms with Gasteiger partial charge in [-0.1, -0.05) is 48.5 Å². The van der Waals surface area contributed by atoms with Gasteiger partial charge in [-0.3, -0.25) is 9.89 Å². The van der Waals surface area contributed by atoms with Crippen molar-refractivity contribution < 1.29 is 9.53 Å². The highest BCUT2D eigenvalue weighted by molar-refractivity contribution is 6.01. The van der Waals surface area contributed by atoms with Gasteiger partial charge in [0.1, 0.15) is 18.1 Å². The highest BCUT2D eigenvalue weighted by atomic mass is 16.5. The molecule has 2 aromatic carbocycles. The van der Waals surface area contributed by atoms with Crippen molar-refractivity contribution in [2.24, 2.45) is 0 Å². The summed E-state index contributed by atoms with van der Waals surface area (Å²) in [6, 6.07) is 17.3. The van der Waals surface area contributed by atoms with Crippen molar-refractivity contribution in [3.8, 4) is 17.0 Å². The Morgan fingerprint density at radius 2 is 1.92 bits per heavy atom. The van der Waals surface area contributed by atoms with Crippen molar-refractivity contribution in [1.29, 1.82) is 0 Å². The number of fused-ring (bicyclic) bond motifs is 1. The summed E-state index contributed by atoms with van der Waals surface area (Å²) in [5, 5.41) is 10.3. The molecular formula is C19H17N3O2. The molecule has 2 N–H and O–H groups in total. The number of aromatic amines is 1. The largest absolute Gasteiger partial charge is 0.491 e. The quantitative estimate of drug-likeness (QED) is 0.779. The monoisotopic (exact) mass is 319 g/mol. The Morgan fingerprint density at radius 1 is 1.17 bits per heavy atom. The van der Waals surface area contributed by atoms with Gasteiger partial charge in [-0.05, 0) is 13.0 Å². The molecule has 1 amide bonds. The van der Waals surface area contributed by atoms with Crippen molar-refractivity contribution in [2.45, 2.75) is 13.0 Å². The third kappa shape index (κ3) is 2.44. The maximum atomic E-state index is 12.9. The molecule has 120 valence electrons. The fourth-order valence-corrected chi connectivity index (χ4v) is 3.02. The third-order valence-corrected chi connectivity index (χ3v) is 4.23. The van der Waals surface area contributed by atoms with Gasteiger partial charge in [0.2, 0.25) is 0 Å². The molecule has 0 saturated heterocycles. The summed E-state index contributed by atoms with van der Waals surface area (Å²) < 4.78 is 5.64. The second kappa shape index (κ2) is 5.85. The number of carbonyl (C=O) groups excluding carboxylic acids is 1. The first-order valence-electron chi connectivity index (χ1n) is 7.87. The number of hydrogen-bond acceptors (Lipinski definition) is 3. The number of aromatic nitrogens is 2. The van der Waals surface area contributed by atoms with Crippen molar-refractivity contribution in [3.63, 3.8) is 0 Å². The van der Waals surface area contributed by atoms with Gasteiger partial charge in [0.25, 0.3) is 5.91 Å². The minimum absolute atomic E-state index is 0.147. The number of amides is 1. The smallest absolute Gasteiger partial charge is 0.255 e. The average Bonchev–Trinajstić information content (AvgIpc) is 3.20. The summed E-state index contributed by atoms with van der Waals surface area (Å²) in [6.07, 6.45) is 0. The Bertz CT molecular complexity index is 887. The summed E-state index contributed by atoms with van der Waals surface area (Å²) in [7, 11) is 0. The van der Waals surface area contributed by atoms with E-state index in [0.29, 0.717) is 17.9 Å². The minimum atomic E-state index is -0.148. The van der Waals surface area contributed by atoms with Crippen molar-refractivity contribution in [1.82, 2.24) is 15.5 Å². The lowest BCUT2D eigenvalue weighted by Gasteiger charge is -2.12. The molecule has 0 radical (unpaired) electrons. The topological polar surface area (TPSA) is 67.0 Å². The summed E-state index contributed by atoms with van der Waals surface area (Å²) in [5.41, 5.74) is 3.91. The van der Waals surface area contributed by atoms with E-state index < -0.39 is 0 Å². The molecule has 1 atom stereocenters. The molecule has 0 fully saturated rings. The Kier molecular flexibility index (Phi) is 3.54. The zero-order valence-corrected chi connectivity index (χ0v) is 13.2. The standard InChI is InChI=1S/C19H17N3O2/c1-12-17(18(22-21-12)13-7-3-2-4-8-13)19(23)20-15-11-24-16-10-6-5-9-14(15)16/h2-10,15H,11H2,1H3,(H,20,23)(H,21,22). The Balaban J connectivity index is 1.64. The van der Waals surface area contributed by atoms with Crippen molar-refractivity contribution in [3.05, 3.63) is 71.4 Å². The van der Waals surface area contributed by atoms with Crippen LogP contribution in [0.15, 0.2) is 54.6 Å². The van der Waals surface area contributed by atoms with Crippen LogP contribution in [-0.4, -0.2) is 22.7 Å². The molecule has 0 saturated carbocycles. The lowest BCUT2D eigenvalue weighted by molar-refractivity contribution is 0.0930. The summed E-state index contributed by atoms with van der Waals surface area (Å²) in [6.45, 7) is 2.30. The molecule has 1 aliphatic heterocycles. The lowest BCUT2D eigenvalue weighted by atomic mass is 10.0. The molecule has 0 spiro atoms. The molecule has 5 heteroatoms. The number of carbonyl (C=O) groups is 1. The van der Waals surface area contributed by atoms with Crippen LogP contribution < -0.4 is 10.1 Å². The van der Waals surface area contributed by atoms with Crippen LogP contribution in [-0.2, 0) is 0 Å². The van der Waals surface area contributed by atoms with E-state index in [-0.39, 0.29) is 11.9 Å². The van der Waals surface area contributed by atoms with Gasteiger partial charge >= 0.3 is 0 Å². The molecule has 1 aliphatic rings. The fourth-order valence-electron chi connectivity index (χ4n) is 3.02. The lowest BCUT2D eigenvalue weighted by Crippen LogP contribution is -2.30. The molecule has 1 aromatic heterocycles. The zero-order valence-electron chi connectivity index (χ0n) is 13.2. The van der Waals surface area contributed by atoms with Crippen LogP contribution in [0, 0.1) is 6.92 Å². The Morgan fingerprint density at radius 3 is 2.75 bits per heavy atom. The van der Waals surface area contributed by atoms with Crippen LogP contribution in [0.3, 0.4) is 0 Å². The highest BCUT2D eigenvalue weighted by Crippen LogP contribution is 2.32. The number of aryl methyl sites for hydroxylation is 1. The van der Waals surface area contributed by atoms with Crippen molar-refractivity contribution in [2.75, 3.05) is 6.61 Å². The second-order valence-electron chi connectivity index (χ2n) is 5.81. The van der Waals surface area contributed by atoms with Gasteiger partial charge in [-0.15, -0.1) is 0 Å². The molecule has 5 nitrogen and oxygen atoms in total. The van der Waals surface area contributed by atoms with Crippen LogP contribution in [0.5, 0.6) is 5.75 Å². The van der Waals surface area contributed by atoms with E-state index in [2.05, 4.69) is 15.5 Å². The van der Waals surface area contributed by atoms with E-state index in [0.717, 1.165) is 22.6 Å². The van der Waals surface area contributed by atoms with Gasteiger partial charge in [0, 0.05) is 16.8 Å². The van der Waals surface area contributed by atoms with E-state index in [1.807, 2.05) is 61.5 Å². The molecule has 1 unspecified atom stereocenters. The summed E-state index contributed by atoms with van der Waals surface area (Å²) in [4.78, 5) is 12.9. The van der Waals surface area contributed by atoms with Gasteiger partial charge < -0.3 is 10.1 Å². The van der Waals surface area contributed by atoms with Gasteiger partial charge in [-0.2, -0.15) is 5.10 Å². The first-order valence-corrected chi connectivity index (χ1v) is 7.87. The van der Waals surface area contributed by atoms with Gasteiger partial charge in [-0.25, -0.2) is 0 Å². The number of benzene rings is 2. The molecular weight excluding hydrogens is 302 g/mol. The van der Waals surface area contributed by atoms with E-state index in [1.54, 1.807) is 0 Å². The normalized spacial score (nSPS) is 15.6. The Labute approximate surface area is 139 Å². The van der Waals surface area contributed by atoms with Gasteiger partial charge in [0.15, 0.2) is 0 Å². The summed E-state index contributed by atoms with van der Waals surface area (Å²) in [5.74, 6) is 0.681. The molecule has 3 aromatic rings. The maximum Gasteiger partial charge on any atom is 0.255 e. The number of rotatable bonds is 3. The van der Waals surface area contributed by atoms with Crippen LogP contribution in [0.2, 0.25) is 0 Å². The highest BCUT2D eigenvalue weighted by Gasteiger charge is 2.28.